The van der Waals surface area contributed by atoms with Crippen LogP contribution in [0.3, 0.4) is 0 Å². The fourth-order valence-corrected chi connectivity index (χ4v) is 1.59. The maximum atomic E-state index is 11.9. The summed E-state index contributed by atoms with van der Waals surface area (Å²) in [6.45, 7) is 10.1. The first-order valence-corrected chi connectivity index (χ1v) is 7.41. The zero-order valence-corrected chi connectivity index (χ0v) is 14.4. The Morgan fingerprint density at radius 3 is 2.12 bits per heavy atom. The Labute approximate surface area is 141 Å². The third-order valence-electron chi connectivity index (χ3n) is 2.63. The van der Waals surface area contributed by atoms with E-state index < -0.39 is 17.6 Å². The fraction of sp³-hybridized carbons (Fsp3) is 0.353. The molecule has 130 valence electrons. The van der Waals surface area contributed by atoms with E-state index in [9.17, 15) is 14.4 Å². The first kappa shape index (κ1) is 19.2. The fourth-order valence-electron chi connectivity index (χ4n) is 1.59. The number of ether oxygens (including phenoxy) is 1. The van der Waals surface area contributed by atoms with Gasteiger partial charge in [0, 0.05) is 5.57 Å². The smallest absolute Gasteiger partial charge is 0.408 e. The Kier molecular flexibility index (Phi) is 6.52. The van der Waals surface area contributed by atoms with Gasteiger partial charge in [0.2, 0.25) is 5.91 Å². The highest BCUT2D eigenvalue weighted by atomic mass is 16.6. The lowest BCUT2D eigenvalue weighted by molar-refractivity contribution is -0.115. The lowest BCUT2D eigenvalue weighted by Crippen LogP contribution is -2.37. The molecule has 0 atom stereocenters. The minimum atomic E-state index is -0.679. The largest absolute Gasteiger partial charge is 0.444 e. The van der Waals surface area contributed by atoms with Crippen molar-refractivity contribution in [1.29, 1.82) is 0 Å². The third kappa shape index (κ3) is 6.95. The molecule has 0 saturated heterocycles. The summed E-state index contributed by atoms with van der Waals surface area (Å²) in [6, 6.07) is 6.73. The third-order valence-corrected chi connectivity index (χ3v) is 2.63. The number of rotatable bonds is 5. The van der Waals surface area contributed by atoms with Crippen molar-refractivity contribution in [2.45, 2.75) is 33.3 Å². The molecule has 0 radical (unpaired) electrons. The summed E-state index contributed by atoms with van der Waals surface area (Å²) < 4.78 is 5.04. The van der Waals surface area contributed by atoms with E-state index in [4.69, 9.17) is 4.74 Å². The molecule has 1 aromatic carbocycles. The lowest BCUT2D eigenvalue weighted by Gasteiger charge is -2.19. The van der Waals surface area contributed by atoms with Crippen molar-refractivity contribution in [2.75, 3.05) is 17.2 Å². The molecule has 0 unspecified atom stereocenters. The average Bonchev–Trinajstić information content (AvgIpc) is 2.45. The van der Waals surface area contributed by atoms with Crippen molar-refractivity contribution in [3.8, 4) is 0 Å². The predicted molar refractivity (Wildman–Crippen MR) is 92.8 cm³/mol. The Bertz CT molecular complexity index is 647. The van der Waals surface area contributed by atoms with E-state index in [-0.39, 0.29) is 12.5 Å². The lowest BCUT2D eigenvalue weighted by atomic mass is 10.2. The van der Waals surface area contributed by atoms with E-state index in [2.05, 4.69) is 22.5 Å². The van der Waals surface area contributed by atoms with Crippen molar-refractivity contribution in [2.24, 2.45) is 0 Å². The van der Waals surface area contributed by atoms with E-state index in [1.165, 1.54) is 0 Å². The van der Waals surface area contributed by atoms with Crippen molar-refractivity contribution in [1.82, 2.24) is 5.32 Å². The van der Waals surface area contributed by atoms with Crippen LogP contribution in [-0.2, 0) is 14.3 Å². The number of nitrogens with one attached hydrogen (secondary N) is 3. The highest BCUT2D eigenvalue weighted by molar-refractivity contribution is 6.06. The van der Waals surface area contributed by atoms with Gasteiger partial charge in [-0.1, -0.05) is 18.7 Å². The molecule has 0 heterocycles. The van der Waals surface area contributed by atoms with Crippen molar-refractivity contribution in [3.05, 3.63) is 36.4 Å². The second-order valence-electron chi connectivity index (χ2n) is 6.18. The summed E-state index contributed by atoms with van der Waals surface area (Å²) in [7, 11) is 0. The van der Waals surface area contributed by atoms with Crippen LogP contribution in [0.1, 0.15) is 27.7 Å². The van der Waals surface area contributed by atoms with Gasteiger partial charge in [-0.2, -0.15) is 0 Å². The molecule has 0 aromatic heterocycles. The molecule has 3 amide bonds. The maximum absolute atomic E-state index is 11.9. The number of anilines is 2. The van der Waals surface area contributed by atoms with E-state index in [1.807, 2.05) is 0 Å². The Morgan fingerprint density at radius 1 is 1.08 bits per heavy atom. The van der Waals surface area contributed by atoms with Gasteiger partial charge < -0.3 is 20.7 Å². The molecule has 24 heavy (non-hydrogen) atoms. The zero-order chi connectivity index (χ0) is 18.3. The number of hydrogen-bond donors (Lipinski definition) is 3. The number of carbonyl (C=O) groups is 3. The monoisotopic (exact) mass is 333 g/mol. The summed E-state index contributed by atoms with van der Waals surface area (Å²) in [4.78, 5) is 35.2. The highest BCUT2D eigenvalue weighted by Crippen LogP contribution is 2.21. The number of amides is 3. The van der Waals surface area contributed by atoms with Gasteiger partial charge in [0.25, 0.3) is 5.91 Å². The van der Waals surface area contributed by atoms with E-state index in [1.54, 1.807) is 52.0 Å². The summed E-state index contributed by atoms with van der Waals surface area (Å²) in [5, 5.41) is 7.63. The number of alkyl carbamates (subject to hydrolysis) is 1. The SMILES string of the molecule is C=C(C)C(=O)Nc1ccccc1NC(=O)CNC(=O)OC(C)(C)C. The van der Waals surface area contributed by atoms with Crippen molar-refractivity contribution < 1.29 is 19.1 Å². The molecule has 0 fully saturated rings. The van der Waals surface area contributed by atoms with Gasteiger partial charge in [-0.25, -0.2) is 4.79 Å². The first-order chi connectivity index (χ1) is 11.1. The van der Waals surface area contributed by atoms with Gasteiger partial charge >= 0.3 is 6.09 Å². The minimum Gasteiger partial charge on any atom is -0.444 e. The van der Waals surface area contributed by atoms with Crippen LogP contribution in [-0.4, -0.2) is 30.1 Å². The molecule has 1 rings (SSSR count). The summed E-state index contributed by atoms with van der Waals surface area (Å²) in [5.41, 5.74) is 0.571. The molecule has 0 bridgehead atoms. The van der Waals surface area contributed by atoms with Gasteiger partial charge in [0.15, 0.2) is 0 Å². The van der Waals surface area contributed by atoms with Crippen molar-refractivity contribution >= 4 is 29.3 Å². The summed E-state index contributed by atoms with van der Waals surface area (Å²) in [6.07, 6.45) is -0.679. The van der Waals surface area contributed by atoms with E-state index >= 15 is 0 Å². The van der Waals surface area contributed by atoms with Crippen LogP contribution in [0.4, 0.5) is 16.2 Å². The van der Waals surface area contributed by atoms with Gasteiger partial charge in [-0.05, 0) is 39.8 Å². The summed E-state index contributed by atoms with van der Waals surface area (Å²) >= 11 is 0. The molecule has 7 nitrogen and oxygen atoms in total. The van der Waals surface area contributed by atoms with Crippen LogP contribution in [0.25, 0.3) is 0 Å². The van der Waals surface area contributed by atoms with Gasteiger partial charge in [-0.3, -0.25) is 9.59 Å². The molecule has 0 aliphatic carbocycles. The predicted octanol–water partition coefficient (Wildman–Crippen LogP) is 2.66. The maximum Gasteiger partial charge on any atom is 0.408 e. The molecular formula is C17H23N3O4. The number of carbonyl (C=O) groups excluding carboxylic acids is 3. The topological polar surface area (TPSA) is 96.5 Å². The zero-order valence-electron chi connectivity index (χ0n) is 14.4. The molecule has 1 aromatic rings. The number of benzene rings is 1. The van der Waals surface area contributed by atoms with Crippen LogP contribution in [0.15, 0.2) is 36.4 Å². The molecule has 0 spiro atoms. The number of hydrogen-bond acceptors (Lipinski definition) is 4. The first-order valence-electron chi connectivity index (χ1n) is 7.41. The van der Waals surface area contributed by atoms with Crippen LogP contribution in [0.2, 0.25) is 0 Å². The normalized spacial score (nSPS) is 10.5. The highest BCUT2D eigenvalue weighted by Gasteiger charge is 2.17. The van der Waals surface area contributed by atoms with Crippen LogP contribution in [0.5, 0.6) is 0 Å². The Balaban J connectivity index is 2.63. The molecular weight excluding hydrogens is 310 g/mol. The molecule has 7 heteroatoms. The standard InChI is InChI=1S/C17H23N3O4/c1-11(2)15(22)20-13-9-7-6-8-12(13)19-14(21)10-18-16(23)24-17(3,4)5/h6-9H,1,10H2,2-5H3,(H,18,23)(H,19,21)(H,20,22). The molecule has 0 aliphatic rings. The quantitative estimate of drug-likeness (QED) is 0.722. The second kappa shape index (κ2) is 8.14. The van der Waals surface area contributed by atoms with Gasteiger partial charge in [0.1, 0.15) is 12.1 Å². The van der Waals surface area contributed by atoms with E-state index in [0.717, 1.165) is 0 Å². The van der Waals surface area contributed by atoms with Crippen LogP contribution < -0.4 is 16.0 Å². The van der Waals surface area contributed by atoms with Gasteiger partial charge in [-0.15, -0.1) is 0 Å². The Hall–Kier alpha value is -2.83. The molecule has 0 saturated carbocycles. The average molecular weight is 333 g/mol. The van der Waals surface area contributed by atoms with Crippen molar-refractivity contribution in [3.63, 3.8) is 0 Å². The molecule has 3 N–H and O–H groups in total. The summed E-state index contributed by atoms with van der Waals surface area (Å²) in [5.74, 6) is -0.790. The second-order valence-corrected chi connectivity index (χ2v) is 6.18. The van der Waals surface area contributed by atoms with Gasteiger partial charge in [0.05, 0.1) is 11.4 Å². The Morgan fingerprint density at radius 2 is 1.62 bits per heavy atom. The van der Waals surface area contributed by atoms with Crippen LogP contribution >= 0.6 is 0 Å². The van der Waals surface area contributed by atoms with E-state index in [0.29, 0.717) is 16.9 Å². The molecule has 0 aliphatic heterocycles. The minimum absolute atomic E-state index is 0.252. The number of para-hydroxylation sites is 2. The van der Waals surface area contributed by atoms with Crippen LogP contribution in [0, 0.1) is 0 Å².